The summed E-state index contributed by atoms with van der Waals surface area (Å²) < 4.78 is 18.8. The van der Waals surface area contributed by atoms with Crippen LogP contribution >= 0.6 is 11.8 Å². The van der Waals surface area contributed by atoms with Gasteiger partial charge in [0.1, 0.15) is 5.82 Å². The van der Waals surface area contributed by atoms with Crippen molar-refractivity contribution in [3.05, 3.63) is 65.5 Å². The molecule has 2 aromatic rings. The summed E-state index contributed by atoms with van der Waals surface area (Å²) in [7, 11) is 0. The lowest BCUT2D eigenvalue weighted by Crippen LogP contribution is -2.14. The van der Waals surface area contributed by atoms with E-state index in [1.165, 1.54) is 31.2 Å². The van der Waals surface area contributed by atoms with Gasteiger partial charge in [-0.25, -0.2) is 9.18 Å². The average Bonchev–Trinajstić information content (AvgIpc) is 2.66. The highest BCUT2D eigenvalue weighted by molar-refractivity contribution is 8.00. The molecule has 2 aromatic carbocycles. The predicted molar refractivity (Wildman–Crippen MR) is 108 cm³/mol. The van der Waals surface area contributed by atoms with E-state index in [4.69, 9.17) is 4.74 Å². The Morgan fingerprint density at radius 1 is 1.14 bits per heavy atom. The minimum absolute atomic E-state index is 0.0286. The van der Waals surface area contributed by atoms with Gasteiger partial charge in [-0.3, -0.25) is 9.59 Å². The number of Topliss-reactive ketones (excluding diaryl/α,β-unsaturated/α-hetero) is 1. The number of benzene rings is 2. The molecule has 146 valence electrons. The van der Waals surface area contributed by atoms with Gasteiger partial charge < -0.3 is 10.1 Å². The van der Waals surface area contributed by atoms with Crippen molar-refractivity contribution in [1.82, 2.24) is 0 Å². The van der Waals surface area contributed by atoms with Crippen LogP contribution in [0.15, 0.2) is 53.4 Å². The Labute approximate surface area is 167 Å². The van der Waals surface area contributed by atoms with E-state index < -0.39 is 11.8 Å². The zero-order chi connectivity index (χ0) is 20.5. The second kappa shape index (κ2) is 10.4. The molecule has 2 rings (SSSR count). The van der Waals surface area contributed by atoms with Crippen molar-refractivity contribution in [3.8, 4) is 0 Å². The molecule has 0 saturated carbocycles. The lowest BCUT2D eigenvalue weighted by atomic mass is 10.1. The van der Waals surface area contributed by atoms with E-state index in [0.717, 1.165) is 17.3 Å². The van der Waals surface area contributed by atoms with Gasteiger partial charge in [-0.1, -0.05) is 18.2 Å². The summed E-state index contributed by atoms with van der Waals surface area (Å²) in [5, 5.41) is 2.72. The van der Waals surface area contributed by atoms with E-state index in [1.807, 2.05) is 0 Å². The second-order valence-electron chi connectivity index (χ2n) is 5.75. The summed E-state index contributed by atoms with van der Waals surface area (Å²) in [6.45, 7) is 3.42. The highest BCUT2D eigenvalue weighted by Crippen LogP contribution is 2.23. The number of amides is 1. The second-order valence-corrected chi connectivity index (χ2v) is 6.76. The SMILES string of the molecule is CCOC(=O)/C=C/c1ccc(NC(=O)CSc2ccc(C(C)=O)cc2F)cc1. The molecule has 0 aliphatic heterocycles. The summed E-state index contributed by atoms with van der Waals surface area (Å²) >= 11 is 1.05. The van der Waals surface area contributed by atoms with Crippen molar-refractivity contribution in [2.45, 2.75) is 18.7 Å². The van der Waals surface area contributed by atoms with Crippen molar-refractivity contribution in [1.29, 1.82) is 0 Å². The molecule has 0 aromatic heterocycles. The van der Waals surface area contributed by atoms with Crippen LogP contribution in [0, 0.1) is 5.82 Å². The predicted octanol–water partition coefficient (Wildman–Crippen LogP) is 4.34. The highest BCUT2D eigenvalue weighted by atomic mass is 32.2. The van der Waals surface area contributed by atoms with Gasteiger partial charge in [0.25, 0.3) is 0 Å². The maximum Gasteiger partial charge on any atom is 0.330 e. The first-order valence-electron chi connectivity index (χ1n) is 8.57. The molecule has 1 N–H and O–H groups in total. The minimum atomic E-state index is -0.525. The molecule has 7 heteroatoms. The van der Waals surface area contributed by atoms with Gasteiger partial charge in [0, 0.05) is 22.2 Å². The molecule has 0 radical (unpaired) electrons. The fraction of sp³-hybridized carbons (Fsp3) is 0.190. The number of esters is 1. The normalized spacial score (nSPS) is 10.7. The van der Waals surface area contributed by atoms with Gasteiger partial charge in [0.2, 0.25) is 5.91 Å². The highest BCUT2D eigenvalue weighted by Gasteiger charge is 2.10. The number of hydrogen-bond acceptors (Lipinski definition) is 5. The van der Waals surface area contributed by atoms with Crippen LogP contribution in [0.25, 0.3) is 6.08 Å². The maximum absolute atomic E-state index is 14.0. The average molecular weight is 401 g/mol. The molecule has 0 aliphatic rings. The van der Waals surface area contributed by atoms with Crippen LogP contribution in [-0.4, -0.2) is 30.0 Å². The third kappa shape index (κ3) is 6.66. The Morgan fingerprint density at radius 2 is 1.86 bits per heavy atom. The zero-order valence-electron chi connectivity index (χ0n) is 15.5. The number of hydrogen-bond donors (Lipinski definition) is 1. The standard InChI is InChI=1S/C21H20FNO4S/c1-3-27-21(26)11-6-15-4-8-17(9-5-15)23-20(25)13-28-19-10-7-16(14(2)24)12-18(19)22/h4-12H,3,13H2,1-2H3,(H,23,25)/b11-6+. The molecular formula is C21H20FNO4S. The van der Waals surface area contributed by atoms with Gasteiger partial charge >= 0.3 is 5.97 Å². The molecule has 0 atom stereocenters. The Hall–Kier alpha value is -2.93. The van der Waals surface area contributed by atoms with Gasteiger partial charge in [-0.05, 0) is 49.8 Å². The monoisotopic (exact) mass is 401 g/mol. The Bertz CT molecular complexity index is 894. The van der Waals surface area contributed by atoms with Gasteiger partial charge in [0.05, 0.1) is 12.4 Å². The first-order valence-corrected chi connectivity index (χ1v) is 9.55. The number of anilines is 1. The summed E-state index contributed by atoms with van der Waals surface area (Å²) in [6.07, 6.45) is 2.95. The summed E-state index contributed by atoms with van der Waals surface area (Å²) in [5.74, 6) is -1.41. The number of ether oxygens (including phenoxy) is 1. The quantitative estimate of drug-likeness (QED) is 0.308. The summed E-state index contributed by atoms with van der Waals surface area (Å²) in [5.41, 5.74) is 1.67. The fourth-order valence-electron chi connectivity index (χ4n) is 2.21. The molecule has 0 unspecified atom stereocenters. The number of carbonyl (C=O) groups is 3. The number of halogens is 1. The molecule has 0 saturated heterocycles. The molecule has 0 heterocycles. The molecule has 0 spiro atoms. The molecule has 0 fully saturated rings. The largest absolute Gasteiger partial charge is 0.463 e. The molecule has 0 aliphatic carbocycles. The molecule has 28 heavy (non-hydrogen) atoms. The van der Waals surface area contributed by atoms with Crippen LogP contribution in [0.1, 0.15) is 29.8 Å². The zero-order valence-corrected chi connectivity index (χ0v) is 16.3. The minimum Gasteiger partial charge on any atom is -0.463 e. The molecule has 1 amide bonds. The van der Waals surface area contributed by atoms with Gasteiger partial charge in [0.15, 0.2) is 5.78 Å². The first kappa shape index (κ1) is 21.4. The van der Waals surface area contributed by atoms with E-state index in [2.05, 4.69) is 5.32 Å². The van der Waals surface area contributed by atoms with E-state index in [0.29, 0.717) is 22.8 Å². The van der Waals surface area contributed by atoms with Crippen LogP contribution in [0.2, 0.25) is 0 Å². The Kier molecular flexibility index (Phi) is 7.95. The topological polar surface area (TPSA) is 72.5 Å². The Balaban J connectivity index is 1.88. The van der Waals surface area contributed by atoms with Crippen molar-refractivity contribution >= 4 is 41.2 Å². The number of ketones is 1. The molecule has 0 bridgehead atoms. The van der Waals surface area contributed by atoms with E-state index >= 15 is 0 Å². The van der Waals surface area contributed by atoms with E-state index in [9.17, 15) is 18.8 Å². The molecular weight excluding hydrogens is 381 g/mol. The third-order valence-electron chi connectivity index (χ3n) is 3.59. The number of nitrogens with one attached hydrogen (secondary N) is 1. The van der Waals surface area contributed by atoms with Crippen LogP contribution in [0.3, 0.4) is 0 Å². The van der Waals surface area contributed by atoms with Crippen molar-refractivity contribution in [3.63, 3.8) is 0 Å². The van der Waals surface area contributed by atoms with Crippen LogP contribution in [-0.2, 0) is 14.3 Å². The van der Waals surface area contributed by atoms with Crippen LogP contribution < -0.4 is 5.32 Å². The lowest BCUT2D eigenvalue weighted by Gasteiger charge is -2.07. The van der Waals surface area contributed by atoms with Crippen molar-refractivity contribution < 1.29 is 23.5 Å². The van der Waals surface area contributed by atoms with Gasteiger partial charge in [-0.2, -0.15) is 0 Å². The summed E-state index contributed by atoms with van der Waals surface area (Å²) in [6, 6.07) is 11.1. The van der Waals surface area contributed by atoms with E-state index in [-0.39, 0.29) is 17.4 Å². The number of rotatable bonds is 8. The molecule has 5 nitrogen and oxygen atoms in total. The van der Waals surface area contributed by atoms with Crippen molar-refractivity contribution in [2.75, 3.05) is 17.7 Å². The van der Waals surface area contributed by atoms with Crippen LogP contribution in [0.5, 0.6) is 0 Å². The van der Waals surface area contributed by atoms with Crippen LogP contribution in [0.4, 0.5) is 10.1 Å². The summed E-state index contributed by atoms with van der Waals surface area (Å²) in [4.78, 5) is 34.9. The number of thioether (sulfide) groups is 1. The van der Waals surface area contributed by atoms with E-state index in [1.54, 1.807) is 37.3 Å². The van der Waals surface area contributed by atoms with Crippen molar-refractivity contribution in [2.24, 2.45) is 0 Å². The maximum atomic E-state index is 14.0. The fourth-order valence-corrected chi connectivity index (χ4v) is 2.93. The lowest BCUT2D eigenvalue weighted by molar-refractivity contribution is -0.137. The smallest absolute Gasteiger partial charge is 0.330 e. The van der Waals surface area contributed by atoms with Gasteiger partial charge in [-0.15, -0.1) is 11.8 Å². The Morgan fingerprint density at radius 3 is 2.46 bits per heavy atom. The number of carbonyl (C=O) groups excluding carboxylic acids is 3. The third-order valence-corrected chi connectivity index (χ3v) is 4.64. The first-order chi connectivity index (χ1) is 13.4.